The average molecular weight is 784 g/mol. The van der Waals surface area contributed by atoms with E-state index in [2.05, 4.69) is 213 Å². The third-order valence-corrected chi connectivity index (χ3v) is 12.0. The highest BCUT2D eigenvalue weighted by atomic mass is 16.3. The van der Waals surface area contributed by atoms with Crippen molar-refractivity contribution in [1.82, 2.24) is 4.57 Å². The maximum Gasteiger partial charge on any atom is 0.156 e. The van der Waals surface area contributed by atoms with Crippen LogP contribution in [0.25, 0.3) is 82.5 Å². The Morgan fingerprint density at radius 3 is 1.80 bits per heavy atom. The Labute approximate surface area is 354 Å². The van der Waals surface area contributed by atoms with Gasteiger partial charge >= 0.3 is 0 Å². The lowest BCUT2D eigenvalue weighted by Crippen LogP contribution is -2.07. The lowest BCUT2D eigenvalue weighted by molar-refractivity contribution is 0.669. The van der Waals surface area contributed by atoms with Crippen LogP contribution >= 0.6 is 0 Å². The minimum atomic E-state index is -0.179. The first-order chi connectivity index (χ1) is 30.1. The van der Waals surface area contributed by atoms with Gasteiger partial charge in [0, 0.05) is 38.5 Å². The minimum absolute atomic E-state index is 0.179. The molecule has 4 nitrogen and oxygen atoms in total. The van der Waals surface area contributed by atoms with E-state index in [-0.39, 0.29) is 6.04 Å². The largest absolute Gasteiger partial charge is 0.456 e. The quantitative estimate of drug-likeness (QED) is 0.117. The lowest BCUT2D eigenvalue weighted by atomic mass is 9.97. The van der Waals surface area contributed by atoms with Crippen LogP contribution in [0.3, 0.4) is 0 Å². The van der Waals surface area contributed by atoms with Crippen LogP contribution in [0.5, 0.6) is 0 Å². The Hall–Kier alpha value is -7.82. The van der Waals surface area contributed by atoms with Gasteiger partial charge in [0.05, 0.1) is 17.1 Å². The number of amidine groups is 1. The summed E-state index contributed by atoms with van der Waals surface area (Å²) in [6.45, 7) is 4.25. The second kappa shape index (κ2) is 15.1. The predicted molar refractivity (Wildman–Crippen MR) is 256 cm³/mol. The standard InChI is InChI=1S/C57H41N3O/c1-37(39-26-28-42(29-27-39)40-16-6-3-7-17-40)58-57(59-38(2)43-31-33-53-50(34-43)47-23-14-15-25-52(47)60(53)45-20-10-5-11-21-45)51-36-55-56(48-24-13-12-22-46(48)51)49-32-30-44(35-54(49)61-55)41-18-8-4-9-19-41/h3-37H,1-2H3. The van der Waals surface area contributed by atoms with Crippen LogP contribution in [0.15, 0.2) is 221 Å². The molecular formula is C57H41N3O. The van der Waals surface area contributed by atoms with E-state index in [9.17, 15) is 0 Å². The van der Waals surface area contributed by atoms with E-state index in [1.807, 2.05) is 12.1 Å². The molecule has 0 N–H and O–H groups in total. The summed E-state index contributed by atoms with van der Waals surface area (Å²) >= 11 is 0. The van der Waals surface area contributed by atoms with Gasteiger partial charge in [-0.15, -0.1) is 0 Å². The van der Waals surface area contributed by atoms with Crippen LogP contribution in [0.2, 0.25) is 0 Å². The topological polar surface area (TPSA) is 42.8 Å². The molecule has 0 radical (unpaired) electrons. The minimum Gasteiger partial charge on any atom is -0.456 e. The van der Waals surface area contributed by atoms with E-state index in [0.717, 1.165) is 77.4 Å². The number of furan rings is 1. The van der Waals surface area contributed by atoms with E-state index in [1.54, 1.807) is 0 Å². The van der Waals surface area contributed by atoms with Gasteiger partial charge in [0.15, 0.2) is 5.84 Å². The first-order valence-corrected chi connectivity index (χ1v) is 20.9. The van der Waals surface area contributed by atoms with E-state index >= 15 is 0 Å². The number of aliphatic imine (C=N–C) groups is 2. The molecule has 0 fully saturated rings. The number of nitrogens with zero attached hydrogens (tertiary/aromatic N) is 3. The van der Waals surface area contributed by atoms with Gasteiger partial charge in [-0.05, 0) is 107 Å². The molecule has 2 heterocycles. The monoisotopic (exact) mass is 783 g/mol. The molecular weight excluding hydrogens is 743 g/mol. The highest BCUT2D eigenvalue weighted by Crippen LogP contribution is 2.39. The first kappa shape index (κ1) is 36.3. The first-order valence-electron chi connectivity index (χ1n) is 20.9. The van der Waals surface area contributed by atoms with Crippen molar-refractivity contribution in [2.45, 2.75) is 19.9 Å². The zero-order chi connectivity index (χ0) is 40.9. The fraction of sp³-hybridized carbons (Fsp3) is 0.0526. The summed E-state index contributed by atoms with van der Waals surface area (Å²) in [5, 5.41) is 6.75. The molecule has 11 rings (SSSR count). The van der Waals surface area contributed by atoms with Gasteiger partial charge in [-0.3, -0.25) is 4.99 Å². The van der Waals surface area contributed by atoms with Crippen molar-refractivity contribution in [2.24, 2.45) is 9.98 Å². The molecule has 9 aromatic carbocycles. The van der Waals surface area contributed by atoms with Crippen molar-refractivity contribution in [2.75, 3.05) is 0 Å². The van der Waals surface area contributed by atoms with Gasteiger partial charge in [-0.25, -0.2) is 4.99 Å². The SMILES string of the molecule is CC(=NC(=NC(C)c1ccc(-c2ccccc2)cc1)c1cc2oc3cc(-c4ccccc4)ccc3c2c2ccccc12)c1ccc2c(c1)c1ccccc1n2-c1ccccc1. The van der Waals surface area contributed by atoms with Gasteiger partial charge in [0.1, 0.15) is 11.2 Å². The molecule has 0 amide bonds. The van der Waals surface area contributed by atoms with Crippen molar-refractivity contribution < 1.29 is 4.42 Å². The summed E-state index contributed by atoms with van der Waals surface area (Å²) in [6.07, 6.45) is 0. The molecule has 0 aliphatic rings. The number of fused-ring (bicyclic) bond motifs is 8. The Balaban J connectivity index is 1.08. The zero-order valence-corrected chi connectivity index (χ0v) is 34.0. The highest BCUT2D eigenvalue weighted by Gasteiger charge is 2.20. The third kappa shape index (κ3) is 6.50. The molecule has 0 bridgehead atoms. The van der Waals surface area contributed by atoms with Crippen molar-refractivity contribution in [3.8, 4) is 27.9 Å². The van der Waals surface area contributed by atoms with Crippen LogP contribution in [0, 0.1) is 0 Å². The van der Waals surface area contributed by atoms with Crippen molar-refractivity contribution in [3.05, 3.63) is 223 Å². The fourth-order valence-electron chi connectivity index (χ4n) is 8.91. The molecule has 11 aromatic rings. The van der Waals surface area contributed by atoms with Gasteiger partial charge in [0.25, 0.3) is 0 Å². The van der Waals surface area contributed by atoms with Crippen LogP contribution < -0.4 is 0 Å². The van der Waals surface area contributed by atoms with E-state index in [1.165, 1.54) is 27.4 Å². The Bertz CT molecular complexity index is 3470. The fourth-order valence-corrected chi connectivity index (χ4v) is 8.91. The number of aromatic nitrogens is 1. The van der Waals surface area contributed by atoms with Crippen LogP contribution in [-0.4, -0.2) is 16.1 Å². The lowest BCUT2D eigenvalue weighted by Gasteiger charge is -2.14. The molecule has 2 aromatic heterocycles. The molecule has 0 saturated carbocycles. The molecule has 0 aliphatic heterocycles. The second-order valence-corrected chi connectivity index (χ2v) is 15.8. The van der Waals surface area contributed by atoms with Crippen molar-refractivity contribution in [3.63, 3.8) is 0 Å². The van der Waals surface area contributed by atoms with E-state index in [4.69, 9.17) is 14.4 Å². The van der Waals surface area contributed by atoms with Crippen LogP contribution in [0.4, 0.5) is 0 Å². The molecule has 0 spiro atoms. The normalized spacial score (nSPS) is 12.9. The van der Waals surface area contributed by atoms with Crippen LogP contribution in [0.1, 0.15) is 36.6 Å². The van der Waals surface area contributed by atoms with Gasteiger partial charge in [0.2, 0.25) is 0 Å². The third-order valence-electron chi connectivity index (χ3n) is 12.0. The van der Waals surface area contributed by atoms with Crippen LogP contribution in [-0.2, 0) is 0 Å². The zero-order valence-electron chi connectivity index (χ0n) is 34.0. The maximum absolute atomic E-state index is 6.77. The molecule has 290 valence electrons. The summed E-state index contributed by atoms with van der Waals surface area (Å²) < 4.78 is 9.11. The van der Waals surface area contributed by atoms with Crippen molar-refractivity contribution >= 4 is 66.1 Å². The van der Waals surface area contributed by atoms with E-state index < -0.39 is 0 Å². The second-order valence-electron chi connectivity index (χ2n) is 15.8. The van der Waals surface area contributed by atoms with Crippen molar-refractivity contribution in [1.29, 1.82) is 0 Å². The van der Waals surface area contributed by atoms with E-state index in [0.29, 0.717) is 5.84 Å². The Morgan fingerprint density at radius 1 is 0.475 bits per heavy atom. The molecule has 1 unspecified atom stereocenters. The molecule has 1 atom stereocenters. The Kier molecular flexibility index (Phi) is 8.97. The number of benzene rings is 9. The number of rotatable bonds is 7. The summed E-state index contributed by atoms with van der Waals surface area (Å²) in [7, 11) is 0. The molecule has 0 aliphatic carbocycles. The summed E-state index contributed by atoms with van der Waals surface area (Å²) in [4.78, 5) is 11.0. The molecule has 4 heteroatoms. The average Bonchev–Trinajstić information content (AvgIpc) is 3.87. The maximum atomic E-state index is 6.77. The number of hydrogen-bond acceptors (Lipinski definition) is 2. The predicted octanol–water partition coefficient (Wildman–Crippen LogP) is 15.2. The van der Waals surface area contributed by atoms with Gasteiger partial charge in [-0.2, -0.15) is 0 Å². The Morgan fingerprint density at radius 2 is 1.07 bits per heavy atom. The summed E-state index contributed by atoms with van der Waals surface area (Å²) in [5.41, 5.74) is 13.7. The van der Waals surface area contributed by atoms with Gasteiger partial charge in [-0.1, -0.05) is 158 Å². The summed E-state index contributed by atoms with van der Waals surface area (Å²) in [5.74, 6) is 0.660. The molecule has 61 heavy (non-hydrogen) atoms. The number of hydrogen-bond donors (Lipinski definition) is 0. The smallest absolute Gasteiger partial charge is 0.156 e. The summed E-state index contributed by atoms with van der Waals surface area (Å²) in [6, 6.07) is 72.7. The highest BCUT2D eigenvalue weighted by molar-refractivity contribution is 6.26. The van der Waals surface area contributed by atoms with Gasteiger partial charge < -0.3 is 8.98 Å². The molecule has 0 saturated heterocycles. The number of para-hydroxylation sites is 2.